The van der Waals surface area contributed by atoms with Crippen LogP contribution in [0.2, 0.25) is 0 Å². The molecule has 0 saturated heterocycles. The van der Waals surface area contributed by atoms with Crippen LogP contribution in [0.1, 0.15) is 72.2 Å². The molecule has 4 fully saturated rings. The van der Waals surface area contributed by atoms with Crippen molar-refractivity contribution in [3.63, 3.8) is 0 Å². The Labute approximate surface area is 272 Å². The van der Waals surface area contributed by atoms with Gasteiger partial charge in [0.25, 0.3) is 17.4 Å². The fraction of sp³-hybridized carbons (Fsp3) is 0.581. The van der Waals surface area contributed by atoms with Gasteiger partial charge in [-0.05, 0) is 88.2 Å². The summed E-state index contributed by atoms with van der Waals surface area (Å²) < 4.78 is 40.7. The molecule has 4 saturated carbocycles. The Morgan fingerprint density at radius 2 is 1.72 bits per heavy atom. The van der Waals surface area contributed by atoms with Gasteiger partial charge in [0.2, 0.25) is 17.6 Å². The van der Waals surface area contributed by atoms with Crippen molar-refractivity contribution in [2.24, 2.45) is 23.7 Å². The molecule has 2 aromatic heterocycles. The minimum atomic E-state index is -4.79. The first-order valence-corrected chi connectivity index (χ1v) is 16.5. The molecule has 254 valence electrons. The van der Waals surface area contributed by atoms with Crippen molar-refractivity contribution in [3.8, 4) is 0 Å². The summed E-state index contributed by atoms with van der Waals surface area (Å²) in [6.07, 6.45) is 1.45. The Kier molecular flexibility index (Phi) is 10.2. The highest BCUT2D eigenvalue weighted by atomic mass is 32.1. The van der Waals surface area contributed by atoms with E-state index in [9.17, 15) is 41.9 Å². The first-order valence-electron chi connectivity index (χ1n) is 15.7. The van der Waals surface area contributed by atoms with E-state index >= 15 is 0 Å². The van der Waals surface area contributed by atoms with Gasteiger partial charge in [0, 0.05) is 25.2 Å². The Morgan fingerprint density at radius 3 is 2.32 bits per heavy atom. The van der Waals surface area contributed by atoms with Crippen molar-refractivity contribution < 1.29 is 37.1 Å². The SMILES string of the molecule is CCNC(=O)C(=O)CC[C@H](NC(=O)c1sc(C(F)(F)F)nc1C)C(=O)Nc1cccn(CC(=O)NC2C3CC4CC(C3)CC2C4)c1=O. The summed E-state index contributed by atoms with van der Waals surface area (Å²) in [6, 6.07) is 1.31. The minimum absolute atomic E-state index is 0.0785. The summed E-state index contributed by atoms with van der Waals surface area (Å²) in [4.78, 5) is 79.9. The second-order valence-electron chi connectivity index (χ2n) is 12.6. The fourth-order valence-corrected chi connectivity index (χ4v) is 8.23. The molecule has 12 nitrogen and oxygen atoms in total. The molecular weight excluding hydrogens is 641 g/mol. The number of likely N-dealkylation sites (N-methyl/N-ethyl adjacent to an activating group) is 1. The van der Waals surface area contributed by atoms with E-state index in [0.717, 1.165) is 42.1 Å². The summed E-state index contributed by atoms with van der Waals surface area (Å²) >= 11 is 0.0957. The van der Waals surface area contributed by atoms with Gasteiger partial charge in [-0.2, -0.15) is 13.2 Å². The predicted octanol–water partition coefficient (Wildman–Crippen LogP) is 2.80. The number of nitrogens with zero attached hydrogens (tertiary/aromatic N) is 2. The number of alkyl halides is 3. The zero-order valence-electron chi connectivity index (χ0n) is 25.9. The van der Waals surface area contributed by atoms with Crippen LogP contribution in [0.15, 0.2) is 23.1 Å². The number of carbonyl (C=O) groups is 5. The smallest absolute Gasteiger partial charge is 0.351 e. The molecule has 16 heteroatoms. The number of aromatic nitrogens is 2. The second kappa shape index (κ2) is 14.0. The number of ketones is 1. The molecule has 4 amide bonds. The lowest BCUT2D eigenvalue weighted by atomic mass is 9.54. The molecule has 4 bridgehead atoms. The first-order chi connectivity index (χ1) is 22.2. The summed E-state index contributed by atoms with van der Waals surface area (Å²) in [7, 11) is 0. The number of hydrogen-bond donors (Lipinski definition) is 4. The standard InChI is InChI=1S/C31H37F3N6O6S/c1-3-35-27(44)22(41)7-6-20(37-28(45)25-15(2)36-30(47-25)31(32,33)34)26(43)38-21-5-4-8-40(29(21)46)14-23(42)39-24-18-10-16-9-17(12-18)13-19(24)11-16/h4-5,8,16-20,24H,3,6-7,9-14H2,1-2H3,(H,35,44)(H,37,45)(H,38,43)(H,39,42)/t16?,17?,18?,19?,20-,24?/m0/s1. The van der Waals surface area contributed by atoms with Crippen molar-refractivity contribution in [1.82, 2.24) is 25.5 Å². The van der Waals surface area contributed by atoms with Crippen LogP contribution in [0.25, 0.3) is 0 Å². The van der Waals surface area contributed by atoms with E-state index in [-0.39, 0.29) is 47.8 Å². The Bertz CT molecular complexity index is 1590. The van der Waals surface area contributed by atoms with E-state index in [0.29, 0.717) is 11.8 Å². The molecule has 1 atom stereocenters. The maximum absolute atomic E-state index is 13.4. The lowest BCUT2D eigenvalue weighted by Crippen LogP contribution is -2.56. The number of aryl methyl sites for hydroxylation is 1. The van der Waals surface area contributed by atoms with E-state index < -0.39 is 64.0 Å². The van der Waals surface area contributed by atoms with Gasteiger partial charge in [0.1, 0.15) is 23.2 Å². The number of Topliss-reactive ketones (excluding diaryl/α,β-unsaturated/α-hetero) is 1. The third-order valence-electron chi connectivity index (χ3n) is 9.26. The van der Waals surface area contributed by atoms with Crippen LogP contribution in [0, 0.1) is 30.6 Å². The van der Waals surface area contributed by atoms with Crippen molar-refractivity contribution in [1.29, 1.82) is 0 Å². The molecule has 6 rings (SSSR count). The van der Waals surface area contributed by atoms with Crippen LogP contribution in [0.5, 0.6) is 0 Å². The number of halogens is 3. The minimum Gasteiger partial charge on any atom is -0.351 e. The van der Waals surface area contributed by atoms with Crippen LogP contribution in [0.4, 0.5) is 18.9 Å². The van der Waals surface area contributed by atoms with E-state index in [1.165, 1.54) is 31.7 Å². The number of amides is 4. The van der Waals surface area contributed by atoms with Crippen molar-refractivity contribution >= 4 is 46.4 Å². The predicted molar refractivity (Wildman–Crippen MR) is 164 cm³/mol. The molecule has 0 unspecified atom stereocenters. The van der Waals surface area contributed by atoms with Gasteiger partial charge in [-0.3, -0.25) is 28.8 Å². The van der Waals surface area contributed by atoms with Gasteiger partial charge in [-0.15, -0.1) is 11.3 Å². The quantitative estimate of drug-likeness (QED) is 0.251. The van der Waals surface area contributed by atoms with Gasteiger partial charge in [0.15, 0.2) is 5.01 Å². The van der Waals surface area contributed by atoms with E-state index in [1.807, 2.05) is 0 Å². The first kappa shape index (κ1) is 34.3. The van der Waals surface area contributed by atoms with Gasteiger partial charge in [-0.1, -0.05) is 0 Å². The molecule has 4 aliphatic carbocycles. The lowest BCUT2D eigenvalue weighted by molar-refractivity contribution is -0.138. The molecule has 4 aliphatic rings. The summed E-state index contributed by atoms with van der Waals surface area (Å²) in [5.41, 5.74) is -1.13. The van der Waals surface area contributed by atoms with Gasteiger partial charge in [-0.25, -0.2) is 4.98 Å². The van der Waals surface area contributed by atoms with E-state index in [1.54, 1.807) is 6.92 Å². The van der Waals surface area contributed by atoms with Crippen LogP contribution in [-0.4, -0.2) is 57.6 Å². The molecule has 2 aromatic rings. The number of pyridine rings is 1. The summed E-state index contributed by atoms with van der Waals surface area (Å²) in [5, 5.41) is 8.95. The van der Waals surface area contributed by atoms with Crippen LogP contribution in [-0.2, 0) is 31.9 Å². The molecule has 47 heavy (non-hydrogen) atoms. The van der Waals surface area contributed by atoms with Crippen LogP contribution < -0.4 is 26.8 Å². The normalized spacial score (nSPS) is 23.6. The molecule has 2 heterocycles. The number of rotatable bonds is 12. The monoisotopic (exact) mass is 678 g/mol. The van der Waals surface area contributed by atoms with Crippen LogP contribution in [0.3, 0.4) is 0 Å². The zero-order valence-corrected chi connectivity index (χ0v) is 26.8. The van der Waals surface area contributed by atoms with Gasteiger partial charge in [0.05, 0.1) is 5.69 Å². The maximum atomic E-state index is 13.4. The summed E-state index contributed by atoms with van der Waals surface area (Å²) in [5.74, 6) is -1.74. The third-order valence-corrected chi connectivity index (χ3v) is 10.5. The number of carbonyl (C=O) groups excluding carboxylic acids is 5. The molecule has 4 N–H and O–H groups in total. The van der Waals surface area contributed by atoms with Crippen molar-refractivity contribution in [2.75, 3.05) is 11.9 Å². The Hall–Kier alpha value is -4.08. The molecule has 0 spiro atoms. The molecular formula is C31H37F3N6O6S. The highest BCUT2D eigenvalue weighted by Crippen LogP contribution is 2.53. The second-order valence-corrected chi connectivity index (χ2v) is 13.6. The molecule has 0 radical (unpaired) electrons. The highest BCUT2D eigenvalue weighted by molar-refractivity contribution is 7.13. The van der Waals surface area contributed by atoms with Crippen molar-refractivity contribution in [2.45, 2.75) is 83.6 Å². The van der Waals surface area contributed by atoms with E-state index in [2.05, 4.69) is 26.3 Å². The molecule has 0 aromatic carbocycles. The van der Waals surface area contributed by atoms with Crippen LogP contribution >= 0.6 is 11.3 Å². The Morgan fingerprint density at radius 1 is 1.06 bits per heavy atom. The topological polar surface area (TPSA) is 168 Å². The third kappa shape index (κ3) is 7.91. The largest absolute Gasteiger partial charge is 0.443 e. The average molecular weight is 679 g/mol. The van der Waals surface area contributed by atoms with Crippen molar-refractivity contribution in [3.05, 3.63) is 44.3 Å². The van der Waals surface area contributed by atoms with Gasteiger partial charge < -0.3 is 25.8 Å². The van der Waals surface area contributed by atoms with E-state index in [4.69, 9.17) is 0 Å². The summed E-state index contributed by atoms with van der Waals surface area (Å²) in [6.45, 7) is 2.71. The maximum Gasteiger partial charge on any atom is 0.443 e. The van der Waals surface area contributed by atoms with Gasteiger partial charge >= 0.3 is 6.18 Å². The Balaban J connectivity index is 1.27. The molecule has 0 aliphatic heterocycles. The number of thiazole rings is 1. The number of nitrogens with one attached hydrogen (secondary N) is 4. The average Bonchev–Trinajstić information content (AvgIpc) is 3.41. The number of hydrogen-bond acceptors (Lipinski definition) is 8. The number of anilines is 1. The highest BCUT2D eigenvalue weighted by Gasteiger charge is 2.48. The fourth-order valence-electron chi connectivity index (χ4n) is 7.39. The zero-order chi connectivity index (χ0) is 34.0. The lowest BCUT2D eigenvalue weighted by Gasteiger charge is -2.54.